The normalized spacial score (nSPS) is 12.2. The van der Waals surface area contributed by atoms with Crippen molar-refractivity contribution in [3.63, 3.8) is 0 Å². The summed E-state index contributed by atoms with van der Waals surface area (Å²) in [6.07, 6.45) is 3.66. The molecule has 0 saturated heterocycles. The summed E-state index contributed by atoms with van der Waals surface area (Å²) in [6, 6.07) is 6.04. The summed E-state index contributed by atoms with van der Waals surface area (Å²) in [5.41, 5.74) is 0. The van der Waals surface area contributed by atoms with Crippen LogP contribution in [0.5, 0.6) is 11.5 Å². The lowest BCUT2D eigenvalue weighted by Crippen LogP contribution is -2.42. The van der Waals surface area contributed by atoms with Crippen molar-refractivity contribution in [3.8, 4) is 11.5 Å². The van der Waals surface area contributed by atoms with E-state index in [4.69, 9.17) is 14.6 Å². The molecule has 0 aliphatic heterocycles. The first-order chi connectivity index (χ1) is 11.4. The molecule has 0 aliphatic rings. The van der Waals surface area contributed by atoms with Crippen LogP contribution in [-0.2, 0) is 9.59 Å². The van der Waals surface area contributed by atoms with Crippen molar-refractivity contribution in [2.45, 2.75) is 33.2 Å². The SMILES string of the molecule is C/C=C/CC(NC(=O)COc1cccc(OCC(C)C)c1)C(=O)O. The zero-order valence-electron chi connectivity index (χ0n) is 14.3. The van der Waals surface area contributed by atoms with Crippen molar-refractivity contribution in [1.82, 2.24) is 5.32 Å². The number of amides is 1. The fourth-order valence-corrected chi connectivity index (χ4v) is 1.80. The Morgan fingerprint density at radius 2 is 1.92 bits per heavy atom. The van der Waals surface area contributed by atoms with E-state index in [0.717, 1.165) is 0 Å². The number of benzene rings is 1. The lowest BCUT2D eigenvalue weighted by atomic mass is 10.2. The highest BCUT2D eigenvalue weighted by atomic mass is 16.5. The summed E-state index contributed by atoms with van der Waals surface area (Å²) in [4.78, 5) is 22.9. The van der Waals surface area contributed by atoms with E-state index in [1.165, 1.54) is 0 Å². The van der Waals surface area contributed by atoms with Gasteiger partial charge in [0.15, 0.2) is 6.61 Å². The Kier molecular flexibility index (Phi) is 8.39. The van der Waals surface area contributed by atoms with Crippen LogP contribution in [0, 0.1) is 5.92 Å². The number of carbonyl (C=O) groups is 2. The van der Waals surface area contributed by atoms with Gasteiger partial charge in [0.25, 0.3) is 5.91 Å². The Morgan fingerprint density at radius 1 is 1.25 bits per heavy atom. The fourth-order valence-electron chi connectivity index (χ4n) is 1.80. The molecule has 0 radical (unpaired) electrons. The molecule has 0 heterocycles. The van der Waals surface area contributed by atoms with Crippen molar-refractivity contribution in [2.24, 2.45) is 5.92 Å². The first-order valence-corrected chi connectivity index (χ1v) is 7.91. The first-order valence-electron chi connectivity index (χ1n) is 7.91. The molecule has 0 aliphatic carbocycles. The molecule has 2 N–H and O–H groups in total. The number of ether oxygens (including phenoxy) is 2. The molecule has 0 aromatic heterocycles. The number of rotatable bonds is 10. The Balaban J connectivity index is 2.51. The summed E-state index contributed by atoms with van der Waals surface area (Å²) in [6.45, 7) is 6.23. The summed E-state index contributed by atoms with van der Waals surface area (Å²) in [5, 5.41) is 11.5. The van der Waals surface area contributed by atoms with E-state index in [9.17, 15) is 9.59 Å². The molecule has 6 heteroatoms. The monoisotopic (exact) mass is 335 g/mol. The molecule has 1 unspecified atom stereocenters. The second kappa shape index (κ2) is 10.3. The number of carboxylic acids is 1. The zero-order valence-corrected chi connectivity index (χ0v) is 14.3. The van der Waals surface area contributed by atoms with E-state index in [2.05, 4.69) is 19.2 Å². The van der Waals surface area contributed by atoms with Crippen LogP contribution in [0.15, 0.2) is 36.4 Å². The van der Waals surface area contributed by atoms with Gasteiger partial charge >= 0.3 is 5.97 Å². The maximum absolute atomic E-state index is 11.8. The molecule has 0 fully saturated rings. The van der Waals surface area contributed by atoms with Crippen LogP contribution in [0.3, 0.4) is 0 Å². The van der Waals surface area contributed by atoms with Gasteiger partial charge in [-0.05, 0) is 31.4 Å². The van der Waals surface area contributed by atoms with Crippen LogP contribution in [0.4, 0.5) is 0 Å². The van der Waals surface area contributed by atoms with E-state index >= 15 is 0 Å². The summed E-state index contributed by atoms with van der Waals surface area (Å²) in [7, 11) is 0. The lowest BCUT2D eigenvalue weighted by Gasteiger charge is -2.14. The third-order valence-corrected chi connectivity index (χ3v) is 3.00. The predicted octanol–water partition coefficient (Wildman–Crippen LogP) is 2.64. The van der Waals surface area contributed by atoms with Crippen LogP contribution >= 0.6 is 0 Å². The minimum atomic E-state index is -1.08. The van der Waals surface area contributed by atoms with Gasteiger partial charge in [-0.3, -0.25) is 4.79 Å². The maximum atomic E-state index is 11.8. The van der Waals surface area contributed by atoms with E-state index in [0.29, 0.717) is 24.0 Å². The van der Waals surface area contributed by atoms with Crippen molar-refractivity contribution in [2.75, 3.05) is 13.2 Å². The van der Waals surface area contributed by atoms with Gasteiger partial charge in [-0.15, -0.1) is 0 Å². The standard InChI is InChI=1S/C18H25NO5/c1-4-5-9-16(18(21)22)19-17(20)12-24-15-8-6-7-14(10-15)23-11-13(2)3/h4-8,10,13,16H,9,11-12H2,1-3H3,(H,19,20)(H,21,22)/b5-4+. The minimum Gasteiger partial charge on any atom is -0.493 e. The lowest BCUT2D eigenvalue weighted by molar-refractivity contribution is -0.142. The van der Waals surface area contributed by atoms with E-state index in [1.54, 1.807) is 37.3 Å². The number of hydrogen-bond acceptors (Lipinski definition) is 4. The molecule has 0 bridgehead atoms. The molecule has 1 aromatic rings. The van der Waals surface area contributed by atoms with E-state index in [1.807, 2.05) is 6.07 Å². The molecule has 24 heavy (non-hydrogen) atoms. The molecule has 132 valence electrons. The summed E-state index contributed by atoms with van der Waals surface area (Å²) < 4.78 is 11.0. The Morgan fingerprint density at radius 3 is 2.50 bits per heavy atom. The molecule has 1 amide bonds. The molecular formula is C18H25NO5. The predicted molar refractivity (Wildman–Crippen MR) is 91.3 cm³/mol. The highest BCUT2D eigenvalue weighted by Crippen LogP contribution is 2.19. The molecule has 1 rings (SSSR count). The van der Waals surface area contributed by atoms with Crippen LogP contribution in [0.1, 0.15) is 27.2 Å². The number of allylic oxidation sites excluding steroid dienone is 1. The van der Waals surface area contributed by atoms with Gasteiger partial charge in [-0.2, -0.15) is 0 Å². The van der Waals surface area contributed by atoms with Crippen LogP contribution in [0.2, 0.25) is 0 Å². The van der Waals surface area contributed by atoms with Crippen molar-refractivity contribution in [1.29, 1.82) is 0 Å². The smallest absolute Gasteiger partial charge is 0.326 e. The van der Waals surface area contributed by atoms with E-state index in [-0.39, 0.29) is 13.0 Å². The average Bonchev–Trinajstić information content (AvgIpc) is 2.55. The quantitative estimate of drug-likeness (QED) is 0.642. The highest BCUT2D eigenvalue weighted by molar-refractivity contribution is 5.84. The van der Waals surface area contributed by atoms with Crippen LogP contribution < -0.4 is 14.8 Å². The van der Waals surface area contributed by atoms with Gasteiger partial charge in [0, 0.05) is 6.07 Å². The van der Waals surface area contributed by atoms with Gasteiger partial charge in [0.05, 0.1) is 6.61 Å². The largest absolute Gasteiger partial charge is 0.493 e. The van der Waals surface area contributed by atoms with Crippen molar-refractivity contribution in [3.05, 3.63) is 36.4 Å². The highest BCUT2D eigenvalue weighted by Gasteiger charge is 2.18. The number of carbonyl (C=O) groups excluding carboxylic acids is 1. The van der Waals surface area contributed by atoms with E-state index < -0.39 is 17.9 Å². The van der Waals surface area contributed by atoms with Gasteiger partial charge in [0.2, 0.25) is 0 Å². The second-order valence-corrected chi connectivity index (χ2v) is 5.73. The van der Waals surface area contributed by atoms with Gasteiger partial charge in [-0.25, -0.2) is 4.79 Å². The average molecular weight is 335 g/mol. The number of hydrogen-bond donors (Lipinski definition) is 2. The Hall–Kier alpha value is -2.50. The maximum Gasteiger partial charge on any atom is 0.326 e. The molecule has 1 atom stereocenters. The van der Waals surface area contributed by atoms with Crippen molar-refractivity contribution >= 4 is 11.9 Å². The molecule has 0 spiro atoms. The zero-order chi connectivity index (χ0) is 17.9. The first kappa shape index (κ1) is 19.5. The van der Waals surface area contributed by atoms with Crippen LogP contribution in [-0.4, -0.2) is 36.2 Å². The third-order valence-electron chi connectivity index (χ3n) is 3.00. The number of carboxylic acid groups (broad SMARTS) is 1. The Bertz CT molecular complexity index is 568. The number of nitrogens with one attached hydrogen (secondary N) is 1. The Labute approximate surface area is 142 Å². The second-order valence-electron chi connectivity index (χ2n) is 5.73. The van der Waals surface area contributed by atoms with Gasteiger partial charge < -0.3 is 19.9 Å². The summed E-state index contributed by atoms with van der Waals surface area (Å²) in [5.74, 6) is 0.00116. The molecule has 1 aromatic carbocycles. The van der Waals surface area contributed by atoms with Crippen LogP contribution in [0.25, 0.3) is 0 Å². The fraction of sp³-hybridized carbons (Fsp3) is 0.444. The third kappa shape index (κ3) is 7.67. The van der Waals surface area contributed by atoms with Crippen molar-refractivity contribution < 1.29 is 24.2 Å². The molecule has 0 saturated carbocycles. The summed E-state index contributed by atoms with van der Waals surface area (Å²) >= 11 is 0. The minimum absolute atomic E-state index is 0.232. The number of aliphatic carboxylic acids is 1. The molecular weight excluding hydrogens is 310 g/mol. The van der Waals surface area contributed by atoms with Gasteiger partial charge in [-0.1, -0.05) is 32.1 Å². The topological polar surface area (TPSA) is 84.9 Å². The molecule has 6 nitrogen and oxygen atoms in total. The van der Waals surface area contributed by atoms with Gasteiger partial charge in [0.1, 0.15) is 17.5 Å².